The molecule has 11 heavy (non-hydrogen) atoms. The van der Waals surface area contributed by atoms with Gasteiger partial charge in [-0.2, -0.15) is 4.98 Å². The average Bonchev–Trinajstić information content (AvgIpc) is 2.08. The van der Waals surface area contributed by atoms with Gasteiger partial charge < -0.3 is 4.42 Å². The molecule has 0 amide bonds. The van der Waals surface area contributed by atoms with Crippen LogP contribution in [0.25, 0.3) is 0 Å². The van der Waals surface area contributed by atoms with Gasteiger partial charge in [-0.1, -0.05) is 32.4 Å². The second kappa shape index (κ2) is 2.48. The lowest BCUT2D eigenvalue weighted by molar-refractivity contribution is 0.289. The van der Waals surface area contributed by atoms with Gasteiger partial charge in [0.2, 0.25) is 0 Å². The summed E-state index contributed by atoms with van der Waals surface area (Å²) in [6.45, 7) is 5.62. The maximum Gasteiger partial charge on any atom is 0.383 e. The quantitative estimate of drug-likeness (QED) is 0.609. The summed E-state index contributed by atoms with van der Waals surface area (Å²) in [4.78, 5) is 3.31. The molecule has 0 aliphatic rings. The predicted octanol–water partition coefficient (Wildman–Crippen LogP) is 2.76. The smallest absolute Gasteiger partial charge is 0.383 e. The van der Waals surface area contributed by atoms with Gasteiger partial charge in [-0.15, -0.1) is 4.39 Å². The fourth-order valence-electron chi connectivity index (χ4n) is 0.740. The monoisotopic (exact) mass is 177 g/mol. The van der Waals surface area contributed by atoms with Crippen LogP contribution in [-0.2, 0) is 5.41 Å². The average molecular weight is 178 g/mol. The van der Waals surface area contributed by atoms with Crippen molar-refractivity contribution in [2.45, 2.75) is 26.2 Å². The van der Waals surface area contributed by atoms with Crippen molar-refractivity contribution in [3.05, 3.63) is 17.1 Å². The Morgan fingerprint density at radius 1 is 1.45 bits per heavy atom. The number of halogens is 2. The molecule has 0 spiro atoms. The molecule has 0 fully saturated rings. The molecule has 1 heterocycles. The van der Waals surface area contributed by atoms with Gasteiger partial charge in [0.15, 0.2) is 10.9 Å². The van der Waals surface area contributed by atoms with E-state index in [2.05, 4.69) is 9.40 Å². The van der Waals surface area contributed by atoms with E-state index in [1.54, 1.807) is 0 Å². The summed E-state index contributed by atoms with van der Waals surface area (Å²) in [6.07, 6.45) is -0.875. The minimum atomic E-state index is -0.875. The zero-order valence-electron chi connectivity index (χ0n) is 6.61. The Bertz CT molecular complexity index is 264. The van der Waals surface area contributed by atoms with Gasteiger partial charge in [0.25, 0.3) is 0 Å². The lowest BCUT2D eigenvalue weighted by atomic mass is 9.94. The summed E-state index contributed by atoms with van der Waals surface area (Å²) in [7, 11) is 0. The topological polar surface area (TPSA) is 26.0 Å². The third-order valence-corrected chi connectivity index (χ3v) is 1.50. The molecule has 1 aromatic rings. The maximum atomic E-state index is 12.4. The summed E-state index contributed by atoms with van der Waals surface area (Å²) in [5, 5.41) is 0.106. The van der Waals surface area contributed by atoms with Gasteiger partial charge in [0.05, 0.1) is 0 Å². The first-order chi connectivity index (χ1) is 4.91. The largest absolute Gasteiger partial charge is 0.418 e. The van der Waals surface area contributed by atoms with Crippen molar-refractivity contribution in [1.29, 1.82) is 0 Å². The lowest BCUT2D eigenvalue weighted by Crippen LogP contribution is -2.10. The molecule has 0 radical (unpaired) electrons. The number of hydrogen-bond acceptors (Lipinski definition) is 2. The minimum absolute atomic E-state index is 0.106. The third-order valence-electron chi connectivity index (χ3n) is 1.24. The number of rotatable bonds is 0. The summed E-state index contributed by atoms with van der Waals surface area (Å²) in [6, 6.07) is 0. The molecule has 62 valence electrons. The summed E-state index contributed by atoms with van der Waals surface area (Å²) in [5.41, 5.74) is -0.297. The summed E-state index contributed by atoms with van der Waals surface area (Å²) in [5.74, 6) is 0.386. The normalized spacial score (nSPS) is 12.1. The van der Waals surface area contributed by atoms with Crippen LogP contribution in [0.15, 0.2) is 4.42 Å². The standard InChI is InChI=1S/C7H9ClFNO/c1-7(2,3)4-5(8)10-6(9)11-4/h1-3H3. The van der Waals surface area contributed by atoms with Crippen molar-refractivity contribution < 1.29 is 8.81 Å². The molecule has 4 heteroatoms. The van der Waals surface area contributed by atoms with E-state index in [0.717, 1.165) is 0 Å². The Labute approximate surface area is 69.4 Å². The van der Waals surface area contributed by atoms with Crippen molar-refractivity contribution in [2.75, 3.05) is 0 Å². The molecule has 1 aromatic heterocycles. The van der Waals surface area contributed by atoms with E-state index in [1.807, 2.05) is 20.8 Å². The van der Waals surface area contributed by atoms with Crippen LogP contribution in [0.1, 0.15) is 26.5 Å². The van der Waals surface area contributed by atoms with Crippen LogP contribution in [0.2, 0.25) is 5.15 Å². The van der Waals surface area contributed by atoms with E-state index >= 15 is 0 Å². The van der Waals surface area contributed by atoms with Gasteiger partial charge in [-0.3, -0.25) is 0 Å². The van der Waals surface area contributed by atoms with Crippen molar-refractivity contribution in [2.24, 2.45) is 0 Å². The minimum Gasteiger partial charge on any atom is -0.418 e. The van der Waals surface area contributed by atoms with Gasteiger partial charge >= 0.3 is 6.14 Å². The highest BCUT2D eigenvalue weighted by atomic mass is 35.5. The first kappa shape index (κ1) is 8.53. The van der Waals surface area contributed by atoms with Gasteiger partial charge in [0, 0.05) is 5.41 Å². The first-order valence-electron chi connectivity index (χ1n) is 3.23. The fourth-order valence-corrected chi connectivity index (χ4v) is 1.13. The lowest BCUT2D eigenvalue weighted by Gasteiger charge is -2.13. The molecule has 0 bridgehead atoms. The zero-order chi connectivity index (χ0) is 8.65. The van der Waals surface area contributed by atoms with Gasteiger partial charge in [0.1, 0.15) is 0 Å². The highest BCUT2D eigenvalue weighted by Gasteiger charge is 2.24. The number of oxazole rings is 1. The van der Waals surface area contributed by atoms with E-state index in [0.29, 0.717) is 5.76 Å². The fraction of sp³-hybridized carbons (Fsp3) is 0.571. The van der Waals surface area contributed by atoms with Crippen LogP contribution in [0.4, 0.5) is 4.39 Å². The van der Waals surface area contributed by atoms with Crippen LogP contribution in [0.3, 0.4) is 0 Å². The molecule has 0 aliphatic carbocycles. The van der Waals surface area contributed by atoms with Gasteiger partial charge in [-0.25, -0.2) is 0 Å². The number of hydrogen-bond donors (Lipinski definition) is 0. The highest BCUT2D eigenvalue weighted by molar-refractivity contribution is 6.30. The van der Waals surface area contributed by atoms with Crippen molar-refractivity contribution in [3.63, 3.8) is 0 Å². The Kier molecular flexibility index (Phi) is 1.92. The van der Waals surface area contributed by atoms with Crippen molar-refractivity contribution in [3.8, 4) is 0 Å². The molecular weight excluding hydrogens is 169 g/mol. The number of aromatic nitrogens is 1. The Balaban J connectivity index is 3.13. The SMILES string of the molecule is CC(C)(C)c1oc(F)nc1Cl. The highest BCUT2D eigenvalue weighted by Crippen LogP contribution is 2.29. The van der Waals surface area contributed by atoms with Crippen molar-refractivity contribution >= 4 is 11.6 Å². The van der Waals surface area contributed by atoms with Crippen LogP contribution in [-0.4, -0.2) is 4.98 Å². The number of nitrogens with zero attached hydrogens (tertiary/aromatic N) is 1. The maximum absolute atomic E-state index is 12.4. The predicted molar refractivity (Wildman–Crippen MR) is 40.2 cm³/mol. The molecule has 0 saturated carbocycles. The van der Waals surface area contributed by atoms with Crippen molar-refractivity contribution in [1.82, 2.24) is 4.98 Å². The van der Waals surface area contributed by atoms with Crippen LogP contribution in [0, 0.1) is 6.14 Å². The summed E-state index contributed by atoms with van der Waals surface area (Å²) >= 11 is 5.58. The first-order valence-corrected chi connectivity index (χ1v) is 3.61. The molecular formula is C7H9ClFNO. The summed E-state index contributed by atoms with van der Waals surface area (Å²) < 4.78 is 17.0. The molecule has 2 nitrogen and oxygen atoms in total. The second-order valence-electron chi connectivity index (χ2n) is 3.34. The van der Waals surface area contributed by atoms with E-state index in [4.69, 9.17) is 11.6 Å². The zero-order valence-corrected chi connectivity index (χ0v) is 7.37. The molecule has 0 atom stereocenters. The van der Waals surface area contributed by atoms with E-state index in [9.17, 15) is 4.39 Å². The van der Waals surface area contributed by atoms with E-state index < -0.39 is 6.14 Å². The Hall–Kier alpha value is -0.570. The third kappa shape index (κ3) is 1.71. The molecule has 1 rings (SSSR count). The second-order valence-corrected chi connectivity index (χ2v) is 3.69. The van der Waals surface area contributed by atoms with E-state index in [-0.39, 0.29) is 10.6 Å². The molecule has 0 unspecified atom stereocenters. The molecule has 0 N–H and O–H groups in total. The van der Waals surface area contributed by atoms with Crippen LogP contribution < -0.4 is 0 Å². The van der Waals surface area contributed by atoms with Crippen LogP contribution in [0.5, 0.6) is 0 Å². The Morgan fingerprint density at radius 2 is 2.00 bits per heavy atom. The Morgan fingerprint density at radius 3 is 2.18 bits per heavy atom. The van der Waals surface area contributed by atoms with Gasteiger partial charge in [-0.05, 0) is 0 Å². The van der Waals surface area contributed by atoms with E-state index in [1.165, 1.54) is 0 Å². The molecule has 0 aliphatic heterocycles. The molecule has 0 aromatic carbocycles. The van der Waals surface area contributed by atoms with Crippen LogP contribution >= 0.6 is 11.6 Å². The molecule has 0 saturated heterocycles.